The van der Waals surface area contributed by atoms with Gasteiger partial charge < -0.3 is 19.2 Å². The van der Waals surface area contributed by atoms with Crippen LogP contribution in [-0.2, 0) is 16.7 Å². The highest BCUT2D eigenvalue weighted by molar-refractivity contribution is 5.62. The molecule has 5 atom stereocenters. The van der Waals surface area contributed by atoms with Crippen LogP contribution in [-0.4, -0.2) is 48.9 Å². The Labute approximate surface area is 145 Å². The van der Waals surface area contributed by atoms with E-state index in [1.165, 1.54) is 11.1 Å². The summed E-state index contributed by atoms with van der Waals surface area (Å²) in [5.41, 5.74) is 2.18. The highest BCUT2D eigenvalue weighted by Gasteiger charge is 2.65. The van der Waals surface area contributed by atoms with Crippen molar-refractivity contribution in [2.24, 2.45) is 5.92 Å². The molecular formula is C18H20N2O5. The average molecular weight is 344 g/mol. The molecule has 7 heteroatoms. The van der Waals surface area contributed by atoms with E-state index < -0.39 is 17.3 Å². The summed E-state index contributed by atoms with van der Waals surface area (Å²) in [4.78, 5) is 18.4. The minimum Gasteiger partial charge on any atom is -0.493 e. The van der Waals surface area contributed by atoms with Crippen LogP contribution in [0.3, 0.4) is 0 Å². The predicted molar refractivity (Wildman–Crippen MR) is 88.3 cm³/mol. The number of ether oxygens (including phenoxy) is 2. The van der Waals surface area contributed by atoms with Crippen LogP contribution in [0.4, 0.5) is 0 Å². The van der Waals surface area contributed by atoms with E-state index in [1.807, 2.05) is 12.1 Å². The summed E-state index contributed by atoms with van der Waals surface area (Å²) in [7, 11) is 3.79. The highest BCUT2D eigenvalue weighted by Crippen LogP contribution is 2.62. The molecule has 0 radical (unpaired) electrons. The van der Waals surface area contributed by atoms with Crippen molar-refractivity contribution in [2.75, 3.05) is 20.7 Å². The van der Waals surface area contributed by atoms with Gasteiger partial charge in [0.1, 0.15) is 6.10 Å². The maximum atomic E-state index is 11.0. The Bertz CT molecular complexity index is 794. The van der Waals surface area contributed by atoms with Crippen molar-refractivity contribution < 1.29 is 19.4 Å². The fraction of sp³-hybridized carbons (Fsp3) is 0.556. The minimum absolute atomic E-state index is 0.267. The van der Waals surface area contributed by atoms with E-state index in [0.29, 0.717) is 11.8 Å². The Hall–Kier alpha value is -2.28. The Balaban J connectivity index is 1.74. The number of hydrogen-bond donors (Lipinski definition) is 0. The zero-order valence-corrected chi connectivity index (χ0v) is 14.2. The van der Waals surface area contributed by atoms with Gasteiger partial charge in [-0.05, 0) is 38.1 Å². The van der Waals surface area contributed by atoms with Crippen molar-refractivity contribution >= 4 is 0 Å². The SMILES string of the molecule is COc1ccc2c3c1O[C@H]1[C@@H](O[N+](=O)[O-])C=C[C@H]4[C@@H](C2)N(C)CC[C@@]341. The van der Waals surface area contributed by atoms with E-state index in [0.717, 1.165) is 25.1 Å². The summed E-state index contributed by atoms with van der Waals surface area (Å²) >= 11 is 0. The molecule has 0 aromatic heterocycles. The second-order valence-corrected chi connectivity index (χ2v) is 7.42. The molecule has 1 spiro atoms. The Kier molecular flexibility index (Phi) is 2.93. The van der Waals surface area contributed by atoms with Crippen LogP contribution < -0.4 is 9.47 Å². The van der Waals surface area contributed by atoms with Crippen LogP contribution in [0.1, 0.15) is 17.5 Å². The zero-order chi connectivity index (χ0) is 17.3. The third-order valence-corrected chi connectivity index (χ3v) is 6.54. The maximum absolute atomic E-state index is 11.0. The fourth-order valence-electron chi connectivity index (χ4n) is 5.56. The molecule has 1 aromatic rings. The van der Waals surface area contributed by atoms with Crippen LogP contribution in [0, 0.1) is 16.0 Å². The van der Waals surface area contributed by atoms with Crippen molar-refractivity contribution in [2.45, 2.75) is 36.5 Å². The monoisotopic (exact) mass is 344 g/mol. The molecule has 2 heterocycles. The lowest BCUT2D eigenvalue weighted by molar-refractivity contribution is -0.767. The van der Waals surface area contributed by atoms with Gasteiger partial charge >= 0.3 is 0 Å². The summed E-state index contributed by atoms with van der Waals surface area (Å²) in [6.45, 7) is 0.941. The first-order chi connectivity index (χ1) is 12.1. The highest BCUT2D eigenvalue weighted by atomic mass is 17.0. The number of nitrogens with zero attached hydrogens (tertiary/aromatic N) is 2. The van der Waals surface area contributed by atoms with Gasteiger partial charge in [-0.15, -0.1) is 10.1 Å². The second kappa shape index (κ2) is 4.88. The molecule has 25 heavy (non-hydrogen) atoms. The number of hydrogen-bond acceptors (Lipinski definition) is 6. The van der Waals surface area contributed by atoms with Gasteiger partial charge in [-0.25, -0.2) is 0 Å². The largest absolute Gasteiger partial charge is 0.493 e. The van der Waals surface area contributed by atoms with Gasteiger partial charge in [0.2, 0.25) is 0 Å². The number of methoxy groups -OCH3 is 1. The van der Waals surface area contributed by atoms with E-state index >= 15 is 0 Å². The molecule has 2 aliphatic carbocycles. The lowest BCUT2D eigenvalue weighted by Crippen LogP contribution is -2.65. The molecule has 0 N–H and O–H groups in total. The molecule has 2 bridgehead atoms. The van der Waals surface area contributed by atoms with Gasteiger partial charge in [0, 0.05) is 22.9 Å². The molecule has 132 valence electrons. The molecule has 2 aliphatic heterocycles. The number of benzene rings is 1. The number of piperidine rings is 1. The van der Waals surface area contributed by atoms with Crippen LogP contribution in [0.25, 0.3) is 0 Å². The van der Waals surface area contributed by atoms with E-state index in [1.54, 1.807) is 7.11 Å². The van der Waals surface area contributed by atoms with E-state index in [4.69, 9.17) is 14.3 Å². The minimum atomic E-state index is -0.717. The predicted octanol–water partition coefficient (Wildman–Crippen LogP) is 1.72. The quantitative estimate of drug-likeness (QED) is 0.472. The maximum Gasteiger partial charge on any atom is 0.295 e. The number of likely N-dealkylation sites (N-methyl/N-ethyl adjacent to an activating group) is 1. The number of rotatable bonds is 3. The van der Waals surface area contributed by atoms with Crippen molar-refractivity contribution in [3.63, 3.8) is 0 Å². The molecule has 7 nitrogen and oxygen atoms in total. The van der Waals surface area contributed by atoms with Crippen LogP contribution >= 0.6 is 0 Å². The van der Waals surface area contributed by atoms with Gasteiger partial charge in [-0.1, -0.05) is 18.2 Å². The van der Waals surface area contributed by atoms with E-state index in [2.05, 4.69) is 24.1 Å². The summed E-state index contributed by atoms with van der Waals surface area (Å²) in [5.74, 6) is 1.71. The van der Waals surface area contributed by atoms with Crippen LogP contribution in [0.5, 0.6) is 11.5 Å². The van der Waals surface area contributed by atoms with Gasteiger partial charge in [-0.3, -0.25) is 0 Å². The lowest BCUT2D eigenvalue weighted by Gasteiger charge is -2.56. The molecule has 0 unspecified atom stereocenters. The van der Waals surface area contributed by atoms with Gasteiger partial charge in [0.05, 0.1) is 7.11 Å². The van der Waals surface area contributed by atoms with Gasteiger partial charge in [-0.2, -0.15) is 0 Å². The van der Waals surface area contributed by atoms with E-state index in [-0.39, 0.29) is 11.3 Å². The van der Waals surface area contributed by atoms with Crippen LogP contribution in [0.15, 0.2) is 24.3 Å². The molecule has 4 aliphatic rings. The van der Waals surface area contributed by atoms with Crippen molar-refractivity contribution in [1.82, 2.24) is 4.90 Å². The zero-order valence-electron chi connectivity index (χ0n) is 14.2. The molecular weight excluding hydrogens is 324 g/mol. The van der Waals surface area contributed by atoms with Crippen molar-refractivity contribution in [3.8, 4) is 11.5 Å². The third kappa shape index (κ3) is 1.74. The lowest BCUT2D eigenvalue weighted by atomic mass is 9.53. The first kappa shape index (κ1) is 15.0. The van der Waals surface area contributed by atoms with Gasteiger partial charge in [0.15, 0.2) is 17.6 Å². The third-order valence-electron chi connectivity index (χ3n) is 6.54. The summed E-state index contributed by atoms with van der Waals surface area (Å²) < 4.78 is 11.8. The summed E-state index contributed by atoms with van der Waals surface area (Å²) in [6, 6.07) is 4.43. The first-order valence-corrected chi connectivity index (χ1v) is 8.63. The Morgan fingerprint density at radius 1 is 1.40 bits per heavy atom. The first-order valence-electron chi connectivity index (χ1n) is 8.63. The van der Waals surface area contributed by atoms with E-state index in [9.17, 15) is 10.1 Å². The molecule has 1 aromatic carbocycles. The molecule has 0 saturated carbocycles. The van der Waals surface area contributed by atoms with Gasteiger partial charge in [0.25, 0.3) is 5.09 Å². The van der Waals surface area contributed by atoms with Crippen LogP contribution in [0.2, 0.25) is 0 Å². The summed E-state index contributed by atoms with van der Waals surface area (Å²) in [5, 5.41) is 10.3. The average Bonchev–Trinajstić information content (AvgIpc) is 2.94. The normalized spacial score (nSPS) is 37.2. The second-order valence-electron chi connectivity index (χ2n) is 7.42. The molecule has 1 saturated heterocycles. The van der Waals surface area contributed by atoms with Crippen molar-refractivity contribution in [3.05, 3.63) is 45.5 Å². The molecule has 1 fully saturated rings. The topological polar surface area (TPSA) is 74.1 Å². The Morgan fingerprint density at radius 3 is 3.00 bits per heavy atom. The number of likely N-dealkylation sites (tertiary alicyclic amines) is 1. The molecule has 5 rings (SSSR count). The Morgan fingerprint density at radius 2 is 2.24 bits per heavy atom. The summed E-state index contributed by atoms with van der Waals surface area (Å²) in [6.07, 6.45) is 4.69. The smallest absolute Gasteiger partial charge is 0.295 e. The van der Waals surface area contributed by atoms with Crippen molar-refractivity contribution in [1.29, 1.82) is 0 Å². The standard InChI is InChI=1S/C18H20N2O5/c1-19-8-7-18-11-4-6-14(25-20(21)22)17(18)24-16-13(23-2)5-3-10(15(16)18)9-12(11)19/h3-6,11-12,14,17H,7-9H2,1-2H3/t11-,12+,14-,17-,18-/m0/s1. The molecule has 0 amide bonds. The fourth-order valence-corrected chi connectivity index (χ4v) is 5.56.